The van der Waals surface area contributed by atoms with Crippen LogP contribution in [0.15, 0.2) is 24.3 Å². The maximum absolute atomic E-state index is 12.4. The number of rotatable bonds is 5. The molecule has 22 heavy (non-hydrogen) atoms. The van der Waals surface area contributed by atoms with Gasteiger partial charge in [-0.1, -0.05) is 17.7 Å². The quantitative estimate of drug-likeness (QED) is 0.902. The van der Waals surface area contributed by atoms with Gasteiger partial charge < -0.3 is 15.4 Å². The summed E-state index contributed by atoms with van der Waals surface area (Å²) in [5.41, 5.74) is 6.38. The lowest BCUT2D eigenvalue weighted by atomic mass is 9.93. The van der Waals surface area contributed by atoms with Gasteiger partial charge >= 0.3 is 0 Å². The summed E-state index contributed by atoms with van der Waals surface area (Å²) in [6, 6.07) is 7.67. The van der Waals surface area contributed by atoms with Gasteiger partial charge in [0.1, 0.15) is 5.75 Å². The van der Waals surface area contributed by atoms with E-state index in [9.17, 15) is 9.59 Å². The molecule has 0 aliphatic carbocycles. The van der Waals surface area contributed by atoms with Crippen LogP contribution in [0.1, 0.15) is 31.7 Å². The molecule has 1 aliphatic rings. The van der Waals surface area contributed by atoms with E-state index < -0.39 is 6.10 Å². The summed E-state index contributed by atoms with van der Waals surface area (Å²) in [5.74, 6) is 0.740. The second kappa shape index (κ2) is 7.29. The molecular weight excluding hydrogens is 280 g/mol. The van der Waals surface area contributed by atoms with Crippen LogP contribution in [0.4, 0.5) is 0 Å². The van der Waals surface area contributed by atoms with E-state index >= 15 is 0 Å². The van der Waals surface area contributed by atoms with Crippen molar-refractivity contribution >= 4 is 11.8 Å². The van der Waals surface area contributed by atoms with E-state index in [2.05, 4.69) is 0 Å². The number of carbonyl (C=O) groups excluding carboxylic acids is 2. The van der Waals surface area contributed by atoms with Crippen molar-refractivity contribution in [2.24, 2.45) is 11.7 Å². The van der Waals surface area contributed by atoms with Crippen molar-refractivity contribution in [3.63, 3.8) is 0 Å². The Morgan fingerprint density at radius 3 is 2.41 bits per heavy atom. The van der Waals surface area contributed by atoms with Gasteiger partial charge in [-0.25, -0.2) is 0 Å². The van der Waals surface area contributed by atoms with Crippen molar-refractivity contribution in [2.75, 3.05) is 13.1 Å². The highest BCUT2D eigenvalue weighted by atomic mass is 16.5. The average molecular weight is 304 g/mol. The monoisotopic (exact) mass is 304 g/mol. The Bertz CT molecular complexity index is 519. The first-order chi connectivity index (χ1) is 10.5. The molecule has 1 aliphatic heterocycles. The Kier molecular flexibility index (Phi) is 5.41. The van der Waals surface area contributed by atoms with Crippen LogP contribution in [0.2, 0.25) is 0 Å². The number of aryl methyl sites for hydroxylation is 1. The van der Waals surface area contributed by atoms with Crippen molar-refractivity contribution in [3.05, 3.63) is 29.8 Å². The van der Waals surface area contributed by atoms with E-state index in [1.165, 1.54) is 0 Å². The van der Waals surface area contributed by atoms with Gasteiger partial charge in [0.25, 0.3) is 5.91 Å². The summed E-state index contributed by atoms with van der Waals surface area (Å²) >= 11 is 0. The van der Waals surface area contributed by atoms with E-state index in [1.807, 2.05) is 36.1 Å². The van der Waals surface area contributed by atoms with Gasteiger partial charge in [-0.3, -0.25) is 9.59 Å². The van der Waals surface area contributed by atoms with Crippen LogP contribution in [-0.2, 0) is 9.59 Å². The highest BCUT2D eigenvalue weighted by Gasteiger charge is 2.27. The molecule has 2 N–H and O–H groups in total. The first kappa shape index (κ1) is 16.3. The van der Waals surface area contributed by atoms with E-state index in [1.54, 1.807) is 6.92 Å². The number of carbonyl (C=O) groups is 2. The number of primary amides is 1. The zero-order chi connectivity index (χ0) is 16.1. The summed E-state index contributed by atoms with van der Waals surface area (Å²) in [6.07, 6.45) is 1.56. The molecule has 5 heteroatoms. The van der Waals surface area contributed by atoms with Gasteiger partial charge in [0.15, 0.2) is 6.10 Å². The van der Waals surface area contributed by atoms with Crippen LogP contribution in [0, 0.1) is 12.8 Å². The Balaban J connectivity index is 1.84. The molecule has 1 fully saturated rings. The Morgan fingerprint density at radius 1 is 1.27 bits per heavy atom. The number of hydrogen-bond donors (Lipinski definition) is 1. The second-order valence-corrected chi connectivity index (χ2v) is 6.01. The highest BCUT2D eigenvalue weighted by Crippen LogP contribution is 2.21. The smallest absolute Gasteiger partial charge is 0.263 e. The second-order valence-electron chi connectivity index (χ2n) is 6.01. The third-order valence-corrected chi connectivity index (χ3v) is 4.10. The molecule has 0 spiro atoms. The minimum atomic E-state index is -0.504. The van der Waals surface area contributed by atoms with Crippen LogP contribution in [0.3, 0.4) is 0 Å². The molecule has 2 amide bonds. The maximum Gasteiger partial charge on any atom is 0.263 e. The van der Waals surface area contributed by atoms with Crippen molar-refractivity contribution in [3.8, 4) is 5.75 Å². The zero-order valence-corrected chi connectivity index (χ0v) is 13.2. The fourth-order valence-electron chi connectivity index (χ4n) is 2.77. The van der Waals surface area contributed by atoms with Crippen LogP contribution in [-0.4, -0.2) is 35.9 Å². The minimum Gasteiger partial charge on any atom is -0.481 e. The number of hydrogen-bond acceptors (Lipinski definition) is 3. The normalized spacial score (nSPS) is 17.1. The SMILES string of the molecule is Cc1ccc(O[C@H](C)C(=O)N2CCC(CC(N)=O)CC2)cc1. The molecule has 2 rings (SSSR count). The third kappa shape index (κ3) is 4.48. The predicted octanol–water partition coefficient (Wildman–Crippen LogP) is 1.88. The number of ether oxygens (including phenoxy) is 1. The maximum atomic E-state index is 12.4. The lowest BCUT2D eigenvalue weighted by Gasteiger charge is -2.33. The van der Waals surface area contributed by atoms with Crippen molar-refractivity contribution in [1.29, 1.82) is 0 Å². The average Bonchev–Trinajstić information content (AvgIpc) is 2.49. The molecule has 0 aromatic heterocycles. The summed E-state index contributed by atoms with van der Waals surface area (Å²) in [5, 5.41) is 0. The predicted molar refractivity (Wildman–Crippen MR) is 84.4 cm³/mol. The molecule has 1 atom stereocenters. The molecular formula is C17H24N2O3. The molecule has 1 saturated heterocycles. The largest absolute Gasteiger partial charge is 0.481 e. The summed E-state index contributed by atoms with van der Waals surface area (Å²) in [4.78, 5) is 25.2. The van der Waals surface area contributed by atoms with Crippen LogP contribution in [0.5, 0.6) is 5.75 Å². The zero-order valence-electron chi connectivity index (χ0n) is 13.2. The van der Waals surface area contributed by atoms with Gasteiger partial charge in [0.2, 0.25) is 5.91 Å². The molecule has 0 unspecified atom stereocenters. The van der Waals surface area contributed by atoms with E-state index in [0.29, 0.717) is 31.2 Å². The van der Waals surface area contributed by atoms with E-state index in [-0.39, 0.29) is 11.8 Å². The molecule has 0 bridgehead atoms. The number of nitrogens with two attached hydrogens (primary N) is 1. The molecule has 5 nitrogen and oxygen atoms in total. The van der Waals surface area contributed by atoms with Gasteiger partial charge in [0.05, 0.1) is 0 Å². The van der Waals surface area contributed by atoms with Gasteiger partial charge in [0, 0.05) is 19.5 Å². The van der Waals surface area contributed by atoms with Gasteiger partial charge in [-0.2, -0.15) is 0 Å². The molecule has 1 aromatic carbocycles. The number of nitrogens with zero attached hydrogens (tertiary/aromatic N) is 1. The number of amides is 2. The molecule has 120 valence electrons. The van der Waals surface area contributed by atoms with Gasteiger partial charge in [-0.15, -0.1) is 0 Å². The van der Waals surface area contributed by atoms with E-state index in [0.717, 1.165) is 18.4 Å². The van der Waals surface area contributed by atoms with Crippen molar-refractivity contribution in [1.82, 2.24) is 4.90 Å². The highest BCUT2D eigenvalue weighted by molar-refractivity contribution is 5.81. The van der Waals surface area contributed by atoms with Gasteiger partial charge in [-0.05, 0) is 44.7 Å². The summed E-state index contributed by atoms with van der Waals surface area (Å²) in [6.45, 7) is 5.11. The summed E-state index contributed by atoms with van der Waals surface area (Å²) < 4.78 is 5.71. The summed E-state index contributed by atoms with van der Waals surface area (Å²) in [7, 11) is 0. The lowest BCUT2D eigenvalue weighted by Crippen LogP contribution is -2.45. The Labute approximate surface area is 131 Å². The topological polar surface area (TPSA) is 72.6 Å². The fraction of sp³-hybridized carbons (Fsp3) is 0.529. The van der Waals surface area contributed by atoms with Crippen molar-refractivity contribution in [2.45, 2.75) is 39.2 Å². The molecule has 1 aromatic rings. The molecule has 1 heterocycles. The molecule has 0 radical (unpaired) electrons. The van der Waals surface area contributed by atoms with Crippen molar-refractivity contribution < 1.29 is 14.3 Å². The first-order valence-electron chi connectivity index (χ1n) is 7.76. The minimum absolute atomic E-state index is 0.00176. The Morgan fingerprint density at radius 2 is 1.86 bits per heavy atom. The number of piperidine rings is 1. The van der Waals surface area contributed by atoms with Crippen LogP contribution >= 0.6 is 0 Å². The molecule has 0 saturated carbocycles. The van der Waals surface area contributed by atoms with Crippen LogP contribution in [0.25, 0.3) is 0 Å². The van der Waals surface area contributed by atoms with E-state index in [4.69, 9.17) is 10.5 Å². The Hall–Kier alpha value is -2.04. The standard InChI is InChI=1S/C17H24N2O3/c1-12-3-5-15(6-4-12)22-13(2)17(21)19-9-7-14(8-10-19)11-16(18)20/h3-6,13-14H,7-11H2,1-2H3,(H2,18,20)/t13-/m1/s1. The number of likely N-dealkylation sites (tertiary alicyclic amines) is 1. The first-order valence-corrected chi connectivity index (χ1v) is 7.76. The number of benzene rings is 1. The lowest BCUT2D eigenvalue weighted by molar-refractivity contribution is -0.139. The third-order valence-electron chi connectivity index (χ3n) is 4.10. The fourth-order valence-corrected chi connectivity index (χ4v) is 2.77. The van der Waals surface area contributed by atoms with Crippen LogP contribution < -0.4 is 10.5 Å².